The number of carbonyl (C=O) groups excluding carboxylic acids is 1. The Morgan fingerprint density at radius 3 is 2.58 bits per heavy atom. The van der Waals surface area contributed by atoms with E-state index in [0.717, 1.165) is 6.92 Å². The fraction of sp³-hybridized carbons (Fsp3) is 0.167. The Bertz CT molecular complexity index is 748. The first-order valence-electron chi connectivity index (χ1n) is 5.41. The number of hydrogen-bond donors (Lipinski definition) is 0. The molecular weight excluding hydrogens is 252 g/mol. The maximum absolute atomic E-state index is 12.0. The van der Waals surface area contributed by atoms with Crippen molar-refractivity contribution in [3.63, 3.8) is 0 Å². The Morgan fingerprint density at radius 2 is 2.00 bits per heavy atom. The average Bonchev–Trinajstić information content (AvgIpc) is 2.34. The van der Waals surface area contributed by atoms with Gasteiger partial charge in [-0.3, -0.25) is 14.9 Å². The van der Waals surface area contributed by atoms with E-state index in [0.29, 0.717) is 15.6 Å². The van der Waals surface area contributed by atoms with Crippen LogP contribution in [0.15, 0.2) is 29.1 Å². The first kappa shape index (κ1) is 12.7. The van der Waals surface area contributed by atoms with Crippen molar-refractivity contribution in [2.45, 2.75) is 13.8 Å². The molecule has 0 spiro atoms. The van der Waals surface area contributed by atoms with Crippen molar-refractivity contribution in [3.05, 3.63) is 50.3 Å². The minimum absolute atomic E-state index is 0.244. The molecule has 7 heteroatoms. The average molecular weight is 262 g/mol. The Labute approximate surface area is 107 Å². The van der Waals surface area contributed by atoms with Crippen molar-refractivity contribution in [3.8, 4) is 0 Å². The van der Waals surface area contributed by atoms with E-state index in [4.69, 9.17) is 4.84 Å². The second kappa shape index (κ2) is 4.52. The molecule has 0 radical (unpaired) electrons. The third-order valence-electron chi connectivity index (χ3n) is 2.67. The summed E-state index contributed by atoms with van der Waals surface area (Å²) in [6, 6.07) is 6.50. The number of nitro groups is 1. The van der Waals surface area contributed by atoms with Gasteiger partial charge in [-0.15, -0.1) is 4.73 Å². The number of aromatic nitrogens is 1. The van der Waals surface area contributed by atoms with E-state index < -0.39 is 22.1 Å². The quantitative estimate of drug-likeness (QED) is 0.598. The minimum Gasteiger partial charge on any atom is -0.333 e. The van der Waals surface area contributed by atoms with Crippen LogP contribution in [-0.4, -0.2) is 15.6 Å². The van der Waals surface area contributed by atoms with E-state index in [1.807, 2.05) is 0 Å². The van der Waals surface area contributed by atoms with Gasteiger partial charge in [-0.25, -0.2) is 4.79 Å². The Kier molecular flexibility index (Phi) is 3.04. The lowest BCUT2D eigenvalue weighted by Crippen LogP contribution is -2.31. The van der Waals surface area contributed by atoms with Crippen molar-refractivity contribution >= 4 is 22.6 Å². The largest absolute Gasteiger partial charge is 0.362 e. The Morgan fingerprint density at radius 1 is 1.37 bits per heavy atom. The number of hydrogen-bond acceptors (Lipinski definition) is 5. The fourth-order valence-corrected chi connectivity index (χ4v) is 1.90. The molecule has 0 bridgehead atoms. The van der Waals surface area contributed by atoms with Crippen LogP contribution in [-0.2, 0) is 4.79 Å². The van der Waals surface area contributed by atoms with E-state index in [2.05, 4.69) is 0 Å². The summed E-state index contributed by atoms with van der Waals surface area (Å²) in [6.07, 6.45) is 0. The molecule has 0 saturated carbocycles. The highest BCUT2D eigenvalue weighted by atomic mass is 16.7. The first-order chi connectivity index (χ1) is 8.93. The zero-order chi connectivity index (χ0) is 14.2. The molecule has 0 fully saturated rings. The van der Waals surface area contributed by atoms with Crippen molar-refractivity contribution in [1.29, 1.82) is 0 Å². The fourth-order valence-electron chi connectivity index (χ4n) is 1.90. The second-order valence-electron chi connectivity index (χ2n) is 3.93. The summed E-state index contributed by atoms with van der Waals surface area (Å²) in [7, 11) is 0. The molecule has 2 rings (SSSR count). The molecule has 0 amide bonds. The van der Waals surface area contributed by atoms with E-state index in [9.17, 15) is 19.7 Å². The highest BCUT2D eigenvalue weighted by Gasteiger charge is 2.24. The van der Waals surface area contributed by atoms with Crippen molar-refractivity contribution in [2.24, 2.45) is 0 Å². The number of nitrogens with zero attached hydrogens (tertiary/aromatic N) is 2. The van der Waals surface area contributed by atoms with E-state index in [1.54, 1.807) is 24.3 Å². The number of rotatable bonds is 2. The van der Waals surface area contributed by atoms with Gasteiger partial charge in [-0.05, 0) is 13.0 Å². The van der Waals surface area contributed by atoms with Crippen LogP contribution in [0.3, 0.4) is 0 Å². The molecule has 1 aromatic carbocycles. The van der Waals surface area contributed by atoms with Crippen molar-refractivity contribution < 1.29 is 14.6 Å². The molecule has 0 atom stereocenters. The molecule has 1 heterocycles. The topological polar surface area (TPSA) is 91.4 Å². The number of para-hydroxylation sites is 1. The molecule has 7 nitrogen and oxygen atoms in total. The zero-order valence-corrected chi connectivity index (χ0v) is 10.2. The first-order valence-corrected chi connectivity index (χ1v) is 5.41. The summed E-state index contributed by atoms with van der Waals surface area (Å²) in [6.45, 7) is 2.60. The molecule has 1 aromatic heterocycles. The van der Waals surface area contributed by atoms with Gasteiger partial charge in [0.2, 0.25) is 0 Å². The lowest BCUT2D eigenvalue weighted by atomic mass is 10.1. The van der Waals surface area contributed by atoms with E-state index in [1.165, 1.54) is 6.92 Å². The van der Waals surface area contributed by atoms with Crippen LogP contribution in [0, 0.1) is 17.0 Å². The van der Waals surface area contributed by atoms with Gasteiger partial charge in [0.15, 0.2) is 0 Å². The van der Waals surface area contributed by atoms with Crippen LogP contribution in [0.5, 0.6) is 0 Å². The third kappa shape index (κ3) is 2.05. The molecule has 19 heavy (non-hydrogen) atoms. The van der Waals surface area contributed by atoms with Crippen LogP contribution in [0.25, 0.3) is 10.9 Å². The van der Waals surface area contributed by atoms with Gasteiger partial charge < -0.3 is 4.84 Å². The maximum Gasteiger partial charge on any atom is 0.362 e. The molecule has 0 aliphatic rings. The second-order valence-corrected chi connectivity index (χ2v) is 3.93. The highest BCUT2D eigenvalue weighted by Crippen LogP contribution is 2.22. The predicted octanol–water partition coefficient (Wildman–Crippen LogP) is 1.19. The summed E-state index contributed by atoms with van der Waals surface area (Å²) in [5.41, 5.74) is -1.00. The number of carbonyl (C=O) groups is 1. The van der Waals surface area contributed by atoms with Crippen molar-refractivity contribution in [1.82, 2.24) is 4.73 Å². The van der Waals surface area contributed by atoms with E-state index in [-0.39, 0.29) is 5.56 Å². The van der Waals surface area contributed by atoms with Gasteiger partial charge in [0.05, 0.1) is 10.4 Å². The zero-order valence-electron chi connectivity index (χ0n) is 10.2. The molecular formula is C12H10N2O5. The molecule has 0 unspecified atom stereocenters. The number of fused-ring (bicyclic) bond motifs is 1. The maximum atomic E-state index is 12.0. The number of pyridine rings is 1. The standard InChI is InChI=1S/C12H10N2O5/c1-7-9-5-3-4-6-10(9)13(19-8(2)15)12(16)11(7)14(17)18/h3-6H,1-2H3. The Hall–Kier alpha value is -2.70. The molecule has 98 valence electrons. The third-order valence-corrected chi connectivity index (χ3v) is 2.67. The summed E-state index contributed by atoms with van der Waals surface area (Å²) < 4.78 is 0.656. The van der Waals surface area contributed by atoms with Crippen LogP contribution >= 0.6 is 0 Å². The number of aryl methyl sites for hydroxylation is 1. The molecule has 0 aliphatic carbocycles. The smallest absolute Gasteiger partial charge is 0.333 e. The summed E-state index contributed by atoms with van der Waals surface area (Å²) in [5.74, 6) is -0.731. The lowest BCUT2D eigenvalue weighted by Gasteiger charge is -2.10. The van der Waals surface area contributed by atoms with Gasteiger partial charge in [-0.2, -0.15) is 0 Å². The van der Waals surface area contributed by atoms with Crippen LogP contribution in [0.2, 0.25) is 0 Å². The van der Waals surface area contributed by atoms with Crippen LogP contribution in [0.1, 0.15) is 12.5 Å². The highest BCUT2D eigenvalue weighted by molar-refractivity contribution is 5.85. The van der Waals surface area contributed by atoms with Crippen molar-refractivity contribution in [2.75, 3.05) is 0 Å². The van der Waals surface area contributed by atoms with Gasteiger partial charge in [-0.1, -0.05) is 18.2 Å². The summed E-state index contributed by atoms with van der Waals surface area (Å²) in [5, 5.41) is 11.5. The summed E-state index contributed by atoms with van der Waals surface area (Å²) in [4.78, 5) is 38.0. The molecule has 0 N–H and O–H groups in total. The monoisotopic (exact) mass is 262 g/mol. The van der Waals surface area contributed by atoms with Gasteiger partial charge in [0.1, 0.15) is 0 Å². The lowest BCUT2D eigenvalue weighted by molar-refractivity contribution is -0.387. The van der Waals surface area contributed by atoms with Gasteiger partial charge >= 0.3 is 17.2 Å². The predicted molar refractivity (Wildman–Crippen MR) is 66.9 cm³/mol. The Balaban J connectivity index is 2.96. The normalized spacial score (nSPS) is 10.4. The minimum atomic E-state index is -0.962. The number of benzene rings is 1. The van der Waals surface area contributed by atoms with Crippen LogP contribution < -0.4 is 10.4 Å². The van der Waals surface area contributed by atoms with Gasteiger partial charge in [0.25, 0.3) is 0 Å². The molecule has 0 saturated heterocycles. The molecule has 2 aromatic rings. The SMILES string of the molecule is CC(=O)On1c(=O)c([N+](=O)[O-])c(C)c2ccccc21. The molecule has 0 aliphatic heterocycles. The van der Waals surface area contributed by atoms with E-state index >= 15 is 0 Å². The van der Waals surface area contributed by atoms with Gasteiger partial charge in [0, 0.05) is 17.9 Å². The summed E-state index contributed by atoms with van der Waals surface area (Å²) >= 11 is 0. The van der Waals surface area contributed by atoms with Crippen LogP contribution in [0.4, 0.5) is 5.69 Å².